The number of fused-ring (bicyclic) bond motifs is 1. The normalized spacial score (nSPS) is 24.0. The standard InChI is InChI=1S/C23H24O5/c1-25-17-8-5-9-19(12-17)28-22-15-27-21-13-18(10-11-20(21)23(22)24)26-14-16-6-3-2-4-7-16/h2-9,12,15,18,20-21H,10-11,13-14H2,1H3. The molecular formula is C23H24O5. The summed E-state index contributed by atoms with van der Waals surface area (Å²) in [5, 5.41) is 0. The lowest BCUT2D eigenvalue weighted by Gasteiger charge is -2.37. The second-order valence-corrected chi connectivity index (χ2v) is 7.14. The summed E-state index contributed by atoms with van der Waals surface area (Å²) in [4.78, 5) is 12.9. The lowest BCUT2D eigenvalue weighted by Crippen LogP contribution is -2.42. The number of carbonyl (C=O) groups excluding carboxylic acids is 1. The van der Waals surface area contributed by atoms with Gasteiger partial charge >= 0.3 is 0 Å². The molecule has 5 heteroatoms. The van der Waals surface area contributed by atoms with Crippen molar-refractivity contribution in [1.29, 1.82) is 0 Å². The number of methoxy groups -OCH3 is 1. The van der Waals surface area contributed by atoms with Gasteiger partial charge in [-0.15, -0.1) is 0 Å². The minimum Gasteiger partial charge on any atom is -0.497 e. The summed E-state index contributed by atoms with van der Waals surface area (Å²) < 4.78 is 22.9. The molecule has 5 nitrogen and oxygen atoms in total. The molecule has 0 spiro atoms. The van der Waals surface area contributed by atoms with Gasteiger partial charge in [0.1, 0.15) is 23.9 Å². The van der Waals surface area contributed by atoms with Crippen LogP contribution in [-0.4, -0.2) is 25.1 Å². The molecule has 2 aromatic rings. The van der Waals surface area contributed by atoms with Crippen molar-refractivity contribution in [3.8, 4) is 11.5 Å². The maximum absolute atomic E-state index is 12.9. The molecule has 2 aliphatic rings. The molecule has 3 atom stereocenters. The van der Waals surface area contributed by atoms with Crippen molar-refractivity contribution in [3.05, 3.63) is 72.2 Å². The number of hydrogen-bond donors (Lipinski definition) is 0. The highest BCUT2D eigenvalue weighted by Crippen LogP contribution is 2.35. The molecule has 4 rings (SSSR count). The smallest absolute Gasteiger partial charge is 0.207 e. The second kappa shape index (κ2) is 8.48. The zero-order valence-electron chi connectivity index (χ0n) is 15.9. The largest absolute Gasteiger partial charge is 0.497 e. The van der Waals surface area contributed by atoms with Gasteiger partial charge in [-0.3, -0.25) is 4.79 Å². The van der Waals surface area contributed by atoms with Gasteiger partial charge in [-0.25, -0.2) is 0 Å². The molecule has 0 amide bonds. The Kier molecular flexibility index (Phi) is 5.63. The Morgan fingerprint density at radius 1 is 1.04 bits per heavy atom. The SMILES string of the molecule is COc1cccc(OC2=COC3CC(OCc4ccccc4)CCC3C2=O)c1. The van der Waals surface area contributed by atoms with E-state index >= 15 is 0 Å². The molecular weight excluding hydrogens is 356 g/mol. The van der Waals surface area contributed by atoms with E-state index in [1.54, 1.807) is 19.2 Å². The Hall–Kier alpha value is -2.79. The number of rotatable bonds is 6. The van der Waals surface area contributed by atoms with Crippen molar-refractivity contribution < 1.29 is 23.7 Å². The Labute approximate surface area is 164 Å². The number of ketones is 1. The van der Waals surface area contributed by atoms with Crippen LogP contribution in [0.1, 0.15) is 24.8 Å². The molecule has 146 valence electrons. The van der Waals surface area contributed by atoms with Crippen molar-refractivity contribution in [3.63, 3.8) is 0 Å². The van der Waals surface area contributed by atoms with Crippen molar-refractivity contribution in [1.82, 2.24) is 0 Å². The van der Waals surface area contributed by atoms with Gasteiger partial charge in [0.15, 0.2) is 0 Å². The summed E-state index contributed by atoms with van der Waals surface area (Å²) in [6.45, 7) is 0.580. The third-order valence-corrected chi connectivity index (χ3v) is 5.27. The summed E-state index contributed by atoms with van der Waals surface area (Å²) in [5.74, 6) is 1.30. The number of benzene rings is 2. The Morgan fingerprint density at radius 3 is 2.68 bits per heavy atom. The second-order valence-electron chi connectivity index (χ2n) is 7.14. The summed E-state index contributed by atoms with van der Waals surface area (Å²) in [5.41, 5.74) is 1.15. The van der Waals surface area contributed by atoms with Crippen molar-refractivity contribution >= 4 is 5.78 Å². The minimum atomic E-state index is -0.179. The quantitative estimate of drug-likeness (QED) is 0.749. The van der Waals surface area contributed by atoms with Crippen LogP contribution in [-0.2, 0) is 20.9 Å². The lowest BCUT2D eigenvalue weighted by molar-refractivity contribution is -0.134. The maximum atomic E-state index is 12.9. The highest BCUT2D eigenvalue weighted by molar-refractivity contribution is 5.96. The van der Waals surface area contributed by atoms with E-state index in [2.05, 4.69) is 12.1 Å². The number of Topliss-reactive ketones (excluding diaryl/α,β-unsaturated/α-hetero) is 1. The molecule has 0 aromatic heterocycles. The van der Waals surface area contributed by atoms with Crippen LogP contribution in [0.15, 0.2) is 66.6 Å². The monoisotopic (exact) mass is 380 g/mol. The number of ether oxygens (including phenoxy) is 4. The van der Waals surface area contributed by atoms with Crippen molar-refractivity contribution in [2.45, 2.75) is 38.1 Å². The molecule has 0 bridgehead atoms. The van der Waals surface area contributed by atoms with E-state index in [-0.39, 0.29) is 29.7 Å². The van der Waals surface area contributed by atoms with Gasteiger partial charge in [-0.1, -0.05) is 36.4 Å². The summed E-state index contributed by atoms with van der Waals surface area (Å²) >= 11 is 0. The van der Waals surface area contributed by atoms with E-state index in [4.69, 9.17) is 18.9 Å². The average Bonchev–Trinajstić information content (AvgIpc) is 2.75. The van der Waals surface area contributed by atoms with Gasteiger partial charge in [0, 0.05) is 12.5 Å². The lowest BCUT2D eigenvalue weighted by atomic mass is 9.80. The van der Waals surface area contributed by atoms with Crippen LogP contribution in [0, 0.1) is 5.92 Å². The van der Waals surface area contributed by atoms with Crippen LogP contribution in [0.5, 0.6) is 11.5 Å². The first-order chi connectivity index (χ1) is 13.7. The molecule has 1 fully saturated rings. The number of allylic oxidation sites excluding steroid dienone is 1. The molecule has 2 aromatic carbocycles. The van der Waals surface area contributed by atoms with Crippen LogP contribution in [0.25, 0.3) is 0 Å². The van der Waals surface area contributed by atoms with E-state index in [0.29, 0.717) is 24.5 Å². The Morgan fingerprint density at radius 2 is 1.86 bits per heavy atom. The van der Waals surface area contributed by atoms with E-state index in [9.17, 15) is 4.79 Å². The number of hydrogen-bond acceptors (Lipinski definition) is 5. The third kappa shape index (κ3) is 4.20. The maximum Gasteiger partial charge on any atom is 0.207 e. The van der Waals surface area contributed by atoms with Gasteiger partial charge in [-0.05, 0) is 30.5 Å². The molecule has 0 N–H and O–H groups in total. The first kappa shape index (κ1) is 18.6. The third-order valence-electron chi connectivity index (χ3n) is 5.27. The molecule has 0 radical (unpaired) electrons. The van der Waals surface area contributed by atoms with E-state index in [1.807, 2.05) is 30.3 Å². The summed E-state index contributed by atoms with van der Waals surface area (Å²) in [7, 11) is 1.59. The predicted molar refractivity (Wildman–Crippen MR) is 104 cm³/mol. The van der Waals surface area contributed by atoms with Gasteiger partial charge < -0.3 is 18.9 Å². The van der Waals surface area contributed by atoms with Crippen LogP contribution >= 0.6 is 0 Å². The molecule has 1 aliphatic carbocycles. The fourth-order valence-corrected chi connectivity index (χ4v) is 3.74. The molecule has 28 heavy (non-hydrogen) atoms. The first-order valence-electron chi connectivity index (χ1n) is 9.60. The number of carbonyl (C=O) groups is 1. The molecule has 0 saturated heterocycles. The van der Waals surface area contributed by atoms with Gasteiger partial charge in [-0.2, -0.15) is 0 Å². The highest BCUT2D eigenvalue weighted by Gasteiger charge is 2.41. The summed E-state index contributed by atoms with van der Waals surface area (Å²) in [6, 6.07) is 17.3. The van der Waals surface area contributed by atoms with E-state index in [0.717, 1.165) is 18.4 Å². The van der Waals surface area contributed by atoms with E-state index in [1.165, 1.54) is 6.26 Å². The minimum absolute atomic E-state index is 0.000536. The molecule has 3 unspecified atom stereocenters. The fraction of sp³-hybridized carbons (Fsp3) is 0.348. The Balaban J connectivity index is 1.36. The van der Waals surface area contributed by atoms with Crippen LogP contribution in [0.3, 0.4) is 0 Å². The van der Waals surface area contributed by atoms with Crippen LogP contribution < -0.4 is 9.47 Å². The summed E-state index contributed by atoms with van der Waals surface area (Å²) in [6.07, 6.45) is 3.69. The first-order valence-corrected chi connectivity index (χ1v) is 9.60. The molecule has 1 aliphatic heterocycles. The average molecular weight is 380 g/mol. The van der Waals surface area contributed by atoms with Crippen molar-refractivity contribution in [2.24, 2.45) is 5.92 Å². The Bertz CT molecular complexity index is 845. The van der Waals surface area contributed by atoms with Gasteiger partial charge in [0.2, 0.25) is 11.5 Å². The zero-order valence-corrected chi connectivity index (χ0v) is 15.9. The van der Waals surface area contributed by atoms with Crippen LogP contribution in [0.2, 0.25) is 0 Å². The molecule has 1 heterocycles. The predicted octanol–water partition coefficient (Wildman–Crippen LogP) is 4.27. The van der Waals surface area contributed by atoms with Crippen molar-refractivity contribution in [2.75, 3.05) is 7.11 Å². The zero-order chi connectivity index (χ0) is 19.3. The fourth-order valence-electron chi connectivity index (χ4n) is 3.74. The van der Waals surface area contributed by atoms with E-state index < -0.39 is 0 Å². The highest BCUT2D eigenvalue weighted by atomic mass is 16.5. The van der Waals surface area contributed by atoms with Gasteiger partial charge in [0.25, 0.3) is 0 Å². The molecule has 1 saturated carbocycles. The topological polar surface area (TPSA) is 54.0 Å². The van der Waals surface area contributed by atoms with Gasteiger partial charge in [0.05, 0.1) is 25.7 Å². The van der Waals surface area contributed by atoms with Crippen LogP contribution in [0.4, 0.5) is 0 Å².